The van der Waals surface area contributed by atoms with E-state index in [2.05, 4.69) is 17.6 Å². The Balaban J connectivity index is 2.38. The van der Waals surface area contributed by atoms with E-state index in [1.807, 2.05) is 13.8 Å². The van der Waals surface area contributed by atoms with Crippen LogP contribution in [-0.2, 0) is 0 Å². The molecular formula is C9H20N2O. The van der Waals surface area contributed by atoms with Gasteiger partial charge in [0.1, 0.15) is 0 Å². The molecule has 1 fully saturated rings. The van der Waals surface area contributed by atoms with E-state index in [1.165, 1.54) is 0 Å². The smallest absolute Gasteiger partial charge is 0.0662 e. The van der Waals surface area contributed by atoms with Crippen molar-refractivity contribution in [2.45, 2.75) is 44.9 Å². The number of aliphatic hydroxyl groups is 1. The first-order valence-corrected chi connectivity index (χ1v) is 4.70. The standard InChI is InChI=1S/C9H20N2O/c1-7(8(2)12)11-9(3)4-5-10-6-9/h7-8,10-12H,4-6H2,1-3H3. The first kappa shape index (κ1) is 9.96. The fourth-order valence-corrected chi connectivity index (χ4v) is 1.61. The average Bonchev–Trinajstić information content (AvgIpc) is 2.35. The number of rotatable bonds is 3. The molecule has 0 aromatic heterocycles. The highest BCUT2D eigenvalue weighted by atomic mass is 16.3. The molecule has 1 aliphatic heterocycles. The number of hydrogen-bond donors (Lipinski definition) is 3. The zero-order valence-corrected chi connectivity index (χ0v) is 8.22. The second kappa shape index (κ2) is 3.73. The Kier molecular flexibility index (Phi) is 3.09. The van der Waals surface area contributed by atoms with E-state index in [9.17, 15) is 5.11 Å². The number of hydrogen-bond acceptors (Lipinski definition) is 3. The van der Waals surface area contributed by atoms with Crippen LogP contribution in [0.15, 0.2) is 0 Å². The Morgan fingerprint density at radius 3 is 2.58 bits per heavy atom. The predicted molar refractivity (Wildman–Crippen MR) is 50.2 cm³/mol. The van der Waals surface area contributed by atoms with Gasteiger partial charge in [0.05, 0.1) is 6.10 Å². The summed E-state index contributed by atoms with van der Waals surface area (Å²) in [5.74, 6) is 0. The maximum Gasteiger partial charge on any atom is 0.0662 e. The highest BCUT2D eigenvalue weighted by molar-refractivity contribution is 4.93. The summed E-state index contributed by atoms with van der Waals surface area (Å²) in [6.45, 7) is 8.13. The molecule has 1 rings (SSSR count). The van der Waals surface area contributed by atoms with Gasteiger partial charge in [-0.25, -0.2) is 0 Å². The summed E-state index contributed by atoms with van der Waals surface area (Å²) in [5, 5.41) is 16.1. The third-order valence-electron chi connectivity index (χ3n) is 2.67. The molecule has 3 nitrogen and oxygen atoms in total. The molecule has 0 bridgehead atoms. The molecule has 3 heteroatoms. The van der Waals surface area contributed by atoms with Gasteiger partial charge in [0, 0.05) is 18.1 Å². The highest BCUT2D eigenvalue weighted by Gasteiger charge is 2.30. The van der Waals surface area contributed by atoms with Gasteiger partial charge in [-0.1, -0.05) is 0 Å². The average molecular weight is 172 g/mol. The van der Waals surface area contributed by atoms with Crippen LogP contribution in [-0.4, -0.2) is 35.9 Å². The zero-order valence-electron chi connectivity index (χ0n) is 8.22. The van der Waals surface area contributed by atoms with E-state index in [0.29, 0.717) is 0 Å². The molecule has 0 radical (unpaired) electrons. The van der Waals surface area contributed by atoms with E-state index >= 15 is 0 Å². The van der Waals surface area contributed by atoms with E-state index in [0.717, 1.165) is 19.5 Å². The molecule has 12 heavy (non-hydrogen) atoms. The van der Waals surface area contributed by atoms with Crippen LogP contribution >= 0.6 is 0 Å². The second-order valence-electron chi connectivity index (χ2n) is 4.16. The maximum absolute atomic E-state index is 9.31. The quantitative estimate of drug-likeness (QED) is 0.565. The lowest BCUT2D eigenvalue weighted by atomic mass is 9.99. The van der Waals surface area contributed by atoms with E-state index in [1.54, 1.807) is 0 Å². The Morgan fingerprint density at radius 1 is 1.50 bits per heavy atom. The van der Waals surface area contributed by atoms with E-state index in [-0.39, 0.29) is 17.7 Å². The van der Waals surface area contributed by atoms with Crippen molar-refractivity contribution in [1.82, 2.24) is 10.6 Å². The van der Waals surface area contributed by atoms with E-state index < -0.39 is 0 Å². The molecule has 0 aromatic rings. The van der Waals surface area contributed by atoms with Crippen LogP contribution in [0.4, 0.5) is 0 Å². The minimum absolute atomic E-state index is 0.176. The molecule has 0 amide bonds. The largest absolute Gasteiger partial charge is 0.392 e. The summed E-state index contributed by atoms with van der Waals surface area (Å²) in [4.78, 5) is 0. The lowest BCUT2D eigenvalue weighted by Crippen LogP contribution is -2.51. The molecule has 0 spiro atoms. The molecule has 72 valence electrons. The zero-order chi connectivity index (χ0) is 9.19. The normalized spacial score (nSPS) is 35.0. The SMILES string of the molecule is CC(O)C(C)NC1(C)CCNC1. The first-order chi connectivity index (χ1) is 5.53. The van der Waals surface area contributed by atoms with Gasteiger partial charge in [-0.15, -0.1) is 0 Å². The third kappa shape index (κ3) is 2.44. The van der Waals surface area contributed by atoms with Gasteiger partial charge in [0.15, 0.2) is 0 Å². The van der Waals surface area contributed by atoms with Crippen molar-refractivity contribution >= 4 is 0 Å². The van der Waals surface area contributed by atoms with Gasteiger partial charge < -0.3 is 15.7 Å². The third-order valence-corrected chi connectivity index (χ3v) is 2.67. The van der Waals surface area contributed by atoms with Crippen molar-refractivity contribution in [3.05, 3.63) is 0 Å². The van der Waals surface area contributed by atoms with Crippen molar-refractivity contribution < 1.29 is 5.11 Å². The minimum Gasteiger partial charge on any atom is -0.392 e. The summed E-state index contributed by atoms with van der Waals surface area (Å²) in [6, 6.07) is 0.176. The second-order valence-corrected chi connectivity index (χ2v) is 4.16. The summed E-state index contributed by atoms with van der Waals surface area (Å²) >= 11 is 0. The monoisotopic (exact) mass is 172 g/mol. The Hall–Kier alpha value is -0.120. The van der Waals surface area contributed by atoms with Crippen molar-refractivity contribution in [3.63, 3.8) is 0 Å². The Bertz CT molecular complexity index is 141. The summed E-state index contributed by atoms with van der Waals surface area (Å²) in [7, 11) is 0. The van der Waals surface area contributed by atoms with Crippen molar-refractivity contribution in [1.29, 1.82) is 0 Å². The maximum atomic E-state index is 9.31. The van der Waals surface area contributed by atoms with Crippen LogP contribution in [0.5, 0.6) is 0 Å². The molecule has 3 atom stereocenters. The van der Waals surface area contributed by atoms with Gasteiger partial charge in [-0.2, -0.15) is 0 Å². The summed E-state index contributed by atoms with van der Waals surface area (Å²) in [5.41, 5.74) is 0.177. The summed E-state index contributed by atoms with van der Waals surface area (Å²) < 4.78 is 0. The number of nitrogens with one attached hydrogen (secondary N) is 2. The molecule has 0 aliphatic carbocycles. The van der Waals surface area contributed by atoms with Crippen molar-refractivity contribution in [2.24, 2.45) is 0 Å². The lowest BCUT2D eigenvalue weighted by Gasteiger charge is -2.30. The first-order valence-electron chi connectivity index (χ1n) is 4.70. The molecule has 0 saturated carbocycles. The topological polar surface area (TPSA) is 44.3 Å². The van der Waals surface area contributed by atoms with Crippen LogP contribution in [0, 0.1) is 0 Å². The van der Waals surface area contributed by atoms with E-state index in [4.69, 9.17) is 0 Å². The molecule has 0 aromatic carbocycles. The lowest BCUT2D eigenvalue weighted by molar-refractivity contribution is 0.134. The van der Waals surface area contributed by atoms with Crippen LogP contribution in [0.2, 0.25) is 0 Å². The van der Waals surface area contributed by atoms with Crippen LogP contribution in [0.3, 0.4) is 0 Å². The fraction of sp³-hybridized carbons (Fsp3) is 1.00. The molecule has 1 saturated heterocycles. The highest BCUT2D eigenvalue weighted by Crippen LogP contribution is 2.14. The van der Waals surface area contributed by atoms with Crippen LogP contribution in [0.1, 0.15) is 27.2 Å². The molecule has 1 heterocycles. The Morgan fingerprint density at radius 2 is 2.17 bits per heavy atom. The Labute approximate surface area is 74.5 Å². The van der Waals surface area contributed by atoms with Gasteiger partial charge >= 0.3 is 0 Å². The predicted octanol–water partition coefficient (Wildman–Crippen LogP) is 0.0973. The van der Waals surface area contributed by atoms with Crippen LogP contribution in [0.25, 0.3) is 0 Å². The molecule has 3 N–H and O–H groups in total. The van der Waals surface area contributed by atoms with Crippen LogP contribution < -0.4 is 10.6 Å². The molecular weight excluding hydrogens is 152 g/mol. The fourth-order valence-electron chi connectivity index (χ4n) is 1.61. The number of aliphatic hydroxyl groups excluding tert-OH is 1. The molecule has 1 aliphatic rings. The van der Waals surface area contributed by atoms with Gasteiger partial charge in [-0.05, 0) is 33.7 Å². The van der Waals surface area contributed by atoms with Gasteiger partial charge in [0.2, 0.25) is 0 Å². The molecule has 3 unspecified atom stereocenters. The van der Waals surface area contributed by atoms with Crippen molar-refractivity contribution in [2.75, 3.05) is 13.1 Å². The summed E-state index contributed by atoms with van der Waals surface area (Å²) in [6.07, 6.45) is 0.867. The van der Waals surface area contributed by atoms with Gasteiger partial charge in [-0.3, -0.25) is 0 Å². The van der Waals surface area contributed by atoms with Gasteiger partial charge in [0.25, 0.3) is 0 Å². The minimum atomic E-state index is -0.276. The van der Waals surface area contributed by atoms with Crippen molar-refractivity contribution in [3.8, 4) is 0 Å².